The smallest absolute Gasteiger partial charge is 0.221 e. The standard InChI is InChI=1S/C12H21N3O2/c16-11(15-10-1-2-10)4-6-14-12(17)7-9-3-5-13-8-9/h9-10,13H,1-8H2,(H,14,17)(H,15,16). The Morgan fingerprint density at radius 3 is 2.65 bits per heavy atom. The third-order valence-corrected chi connectivity index (χ3v) is 3.25. The normalized spacial score (nSPS) is 23.4. The van der Waals surface area contributed by atoms with Gasteiger partial charge in [-0.1, -0.05) is 0 Å². The third-order valence-electron chi connectivity index (χ3n) is 3.25. The van der Waals surface area contributed by atoms with Crippen molar-refractivity contribution in [3.63, 3.8) is 0 Å². The zero-order chi connectivity index (χ0) is 12.1. The van der Waals surface area contributed by atoms with Crippen LogP contribution < -0.4 is 16.0 Å². The summed E-state index contributed by atoms with van der Waals surface area (Å²) in [6, 6.07) is 0.405. The van der Waals surface area contributed by atoms with Gasteiger partial charge in [-0.25, -0.2) is 0 Å². The highest BCUT2D eigenvalue weighted by atomic mass is 16.2. The van der Waals surface area contributed by atoms with Gasteiger partial charge in [-0.2, -0.15) is 0 Å². The molecule has 17 heavy (non-hydrogen) atoms. The second-order valence-corrected chi connectivity index (χ2v) is 5.00. The molecule has 2 aliphatic rings. The maximum absolute atomic E-state index is 11.5. The first-order valence-corrected chi connectivity index (χ1v) is 6.51. The molecule has 0 aromatic carbocycles. The van der Waals surface area contributed by atoms with E-state index in [1.54, 1.807) is 0 Å². The summed E-state index contributed by atoms with van der Waals surface area (Å²) < 4.78 is 0. The molecule has 0 bridgehead atoms. The Hall–Kier alpha value is -1.10. The minimum absolute atomic E-state index is 0.0512. The molecule has 2 amide bonds. The molecule has 1 aliphatic carbocycles. The summed E-state index contributed by atoms with van der Waals surface area (Å²) in [6.07, 6.45) is 4.26. The van der Waals surface area contributed by atoms with Crippen molar-refractivity contribution < 1.29 is 9.59 Å². The van der Waals surface area contributed by atoms with Crippen molar-refractivity contribution in [1.29, 1.82) is 0 Å². The van der Waals surface area contributed by atoms with Crippen LogP contribution in [0.3, 0.4) is 0 Å². The highest BCUT2D eigenvalue weighted by molar-refractivity contribution is 5.79. The van der Waals surface area contributed by atoms with Crippen LogP contribution in [-0.2, 0) is 9.59 Å². The molecule has 0 radical (unpaired) electrons. The fraction of sp³-hybridized carbons (Fsp3) is 0.833. The fourth-order valence-corrected chi connectivity index (χ4v) is 2.07. The molecule has 3 N–H and O–H groups in total. The Kier molecular flexibility index (Phi) is 4.36. The van der Waals surface area contributed by atoms with E-state index in [1.165, 1.54) is 0 Å². The summed E-state index contributed by atoms with van der Waals surface area (Å²) in [5.74, 6) is 0.587. The quantitative estimate of drug-likeness (QED) is 0.600. The molecule has 0 aromatic rings. The van der Waals surface area contributed by atoms with Crippen LogP contribution in [0.15, 0.2) is 0 Å². The number of hydrogen-bond acceptors (Lipinski definition) is 3. The lowest BCUT2D eigenvalue weighted by Crippen LogP contribution is -2.32. The van der Waals surface area contributed by atoms with Crippen molar-refractivity contribution in [2.24, 2.45) is 5.92 Å². The molecule has 1 unspecified atom stereocenters. The topological polar surface area (TPSA) is 70.2 Å². The Morgan fingerprint density at radius 2 is 2.00 bits per heavy atom. The Morgan fingerprint density at radius 1 is 1.18 bits per heavy atom. The molecule has 1 heterocycles. The summed E-state index contributed by atoms with van der Waals surface area (Å²) in [4.78, 5) is 22.9. The second kappa shape index (κ2) is 6.00. The van der Waals surface area contributed by atoms with Crippen molar-refractivity contribution in [1.82, 2.24) is 16.0 Å². The summed E-state index contributed by atoms with van der Waals surface area (Å²) in [7, 11) is 0. The van der Waals surface area contributed by atoms with Crippen molar-refractivity contribution in [2.75, 3.05) is 19.6 Å². The molecular formula is C12H21N3O2. The number of carbonyl (C=O) groups excluding carboxylic acids is 2. The van der Waals surface area contributed by atoms with Gasteiger partial charge in [0.15, 0.2) is 0 Å². The van der Waals surface area contributed by atoms with Crippen LogP contribution in [0, 0.1) is 5.92 Å². The Balaban J connectivity index is 1.51. The fourth-order valence-electron chi connectivity index (χ4n) is 2.07. The van der Waals surface area contributed by atoms with Crippen LogP contribution in [0.1, 0.15) is 32.1 Å². The third kappa shape index (κ3) is 4.73. The molecule has 0 spiro atoms. The minimum atomic E-state index is 0.0512. The van der Waals surface area contributed by atoms with Gasteiger partial charge in [0.1, 0.15) is 0 Å². The molecule has 1 saturated heterocycles. The van der Waals surface area contributed by atoms with Gasteiger partial charge in [0, 0.05) is 25.4 Å². The predicted octanol–water partition coefficient (Wildman–Crippen LogP) is -0.229. The van der Waals surface area contributed by atoms with Gasteiger partial charge in [-0.05, 0) is 38.3 Å². The Labute approximate surface area is 102 Å². The lowest BCUT2D eigenvalue weighted by molar-refractivity contribution is -0.122. The summed E-state index contributed by atoms with van der Waals surface area (Å²) >= 11 is 0. The highest BCUT2D eigenvalue weighted by Gasteiger charge is 2.23. The SMILES string of the molecule is O=C(CC1CCNC1)NCCC(=O)NC1CC1. The lowest BCUT2D eigenvalue weighted by atomic mass is 10.0. The molecular weight excluding hydrogens is 218 g/mol. The van der Waals surface area contributed by atoms with Crippen LogP contribution in [-0.4, -0.2) is 37.5 Å². The summed E-state index contributed by atoms with van der Waals surface area (Å²) in [5.41, 5.74) is 0. The number of rotatable bonds is 6. The Bertz CT molecular complexity index is 283. The number of carbonyl (C=O) groups is 2. The van der Waals surface area contributed by atoms with Crippen LogP contribution >= 0.6 is 0 Å². The molecule has 0 aromatic heterocycles. The van der Waals surface area contributed by atoms with E-state index in [4.69, 9.17) is 0 Å². The van der Waals surface area contributed by atoms with Crippen LogP contribution in [0.2, 0.25) is 0 Å². The van der Waals surface area contributed by atoms with Gasteiger partial charge in [-0.15, -0.1) is 0 Å². The van der Waals surface area contributed by atoms with Crippen molar-refractivity contribution in [3.8, 4) is 0 Å². The molecule has 2 fully saturated rings. The maximum atomic E-state index is 11.5. The second-order valence-electron chi connectivity index (χ2n) is 5.00. The molecule has 1 aliphatic heterocycles. The predicted molar refractivity (Wildman–Crippen MR) is 64.4 cm³/mol. The van der Waals surface area contributed by atoms with E-state index in [1.807, 2.05) is 0 Å². The number of amides is 2. The van der Waals surface area contributed by atoms with Gasteiger partial charge in [-0.3, -0.25) is 9.59 Å². The molecule has 96 valence electrons. The van der Waals surface area contributed by atoms with Crippen molar-refractivity contribution >= 4 is 11.8 Å². The first-order valence-electron chi connectivity index (χ1n) is 6.51. The van der Waals surface area contributed by atoms with Crippen LogP contribution in [0.5, 0.6) is 0 Å². The monoisotopic (exact) mass is 239 g/mol. The number of nitrogens with one attached hydrogen (secondary N) is 3. The van der Waals surface area contributed by atoms with Gasteiger partial charge >= 0.3 is 0 Å². The molecule has 1 atom stereocenters. The van der Waals surface area contributed by atoms with Crippen LogP contribution in [0.25, 0.3) is 0 Å². The van der Waals surface area contributed by atoms with E-state index in [2.05, 4.69) is 16.0 Å². The van der Waals surface area contributed by atoms with E-state index in [0.29, 0.717) is 31.3 Å². The zero-order valence-corrected chi connectivity index (χ0v) is 10.1. The van der Waals surface area contributed by atoms with E-state index < -0.39 is 0 Å². The molecule has 1 saturated carbocycles. The lowest BCUT2D eigenvalue weighted by Gasteiger charge is -2.09. The van der Waals surface area contributed by atoms with E-state index >= 15 is 0 Å². The van der Waals surface area contributed by atoms with Gasteiger partial charge < -0.3 is 16.0 Å². The highest BCUT2D eigenvalue weighted by Crippen LogP contribution is 2.18. The van der Waals surface area contributed by atoms with Crippen molar-refractivity contribution in [2.45, 2.75) is 38.1 Å². The van der Waals surface area contributed by atoms with Crippen LogP contribution in [0.4, 0.5) is 0 Å². The van der Waals surface area contributed by atoms with E-state index in [-0.39, 0.29) is 11.8 Å². The van der Waals surface area contributed by atoms with Crippen molar-refractivity contribution in [3.05, 3.63) is 0 Å². The maximum Gasteiger partial charge on any atom is 0.221 e. The largest absolute Gasteiger partial charge is 0.356 e. The summed E-state index contributed by atoms with van der Waals surface area (Å²) in [6.45, 7) is 2.41. The average molecular weight is 239 g/mol. The molecule has 5 nitrogen and oxygen atoms in total. The minimum Gasteiger partial charge on any atom is -0.356 e. The van der Waals surface area contributed by atoms with E-state index in [0.717, 1.165) is 32.4 Å². The zero-order valence-electron chi connectivity index (χ0n) is 10.1. The molecule has 2 rings (SSSR count). The molecule has 5 heteroatoms. The van der Waals surface area contributed by atoms with Gasteiger partial charge in [0.05, 0.1) is 0 Å². The summed E-state index contributed by atoms with van der Waals surface area (Å²) in [5, 5.41) is 8.94. The first kappa shape index (κ1) is 12.4. The number of hydrogen-bond donors (Lipinski definition) is 3. The van der Waals surface area contributed by atoms with Gasteiger partial charge in [0.25, 0.3) is 0 Å². The first-order chi connectivity index (χ1) is 8.24. The van der Waals surface area contributed by atoms with E-state index in [9.17, 15) is 9.59 Å². The average Bonchev–Trinajstić information content (AvgIpc) is 2.93. The van der Waals surface area contributed by atoms with Gasteiger partial charge in [0.2, 0.25) is 11.8 Å².